The summed E-state index contributed by atoms with van der Waals surface area (Å²) in [5.74, 6) is -0.512. The fourth-order valence-electron chi connectivity index (χ4n) is 2.44. The largest absolute Gasteiger partial charge is 0.469 e. The van der Waals surface area contributed by atoms with Crippen molar-refractivity contribution in [2.24, 2.45) is 0 Å². The minimum absolute atomic E-state index is 0.187. The summed E-state index contributed by atoms with van der Waals surface area (Å²) in [6.07, 6.45) is 2.13. The van der Waals surface area contributed by atoms with Gasteiger partial charge in [0, 0.05) is 25.2 Å². The van der Waals surface area contributed by atoms with E-state index in [-0.39, 0.29) is 11.9 Å². The Kier molecular flexibility index (Phi) is 4.61. The van der Waals surface area contributed by atoms with E-state index in [2.05, 4.69) is 9.64 Å². The molecule has 0 aromatic heterocycles. The van der Waals surface area contributed by atoms with E-state index in [0.29, 0.717) is 12.0 Å². The highest BCUT2D eigenvalue weighted by Crippen LogP contribution is 2.29. The molecule has 5 nitrogen and oxygen atoms in total. The Labute approximate surface area is 118 Å². The highest BCUT2D eigenvalue weighted by molar-refractivity contribution is 5.91. The number of rotatable bonds is 5. The predicted molar refractivity (Wildman–Crippen MR) is 74.9 cm³/mol. The van der Waals surface area contributed by atoms with Gasteiger partial charge in [-0.25, -0.2) is 4.79 Å². The second-order valence-corrected chi connectivity index (χ2v) is 4.75. The molecular weight excluding hydrogens is 258 g/mol. The summed E-state index contributed by atoms with van der Waals surface area (Å²) in [7, 11) is 2.78. The lowest BCUT2D eigenvalue weighted by Gasteiger charge is -2.19. The molecule has 0 saturated carbocycles. The third kappa shape index (κ3) is 3.10. The van der Waals surface area contributed by atoms with E-state index in [0.717, 1.165) is 31.6 Å². The Morgan fingerprint density at radius 2 is 2.05 bits per heavy atom. The number of esters is 2. The van der Waals surface area contributed by atoms with Crippen molar-refractivity contribution in [1.82, 2.24) is 0 Å². The molecule has 2 rings (SSSR count). The fraction of sp³-hybridized carbons (Fsp3) is 0.467. The minimum Gasteiger partial charge on any atom is -0.469 e. The molecule has 0 amide bonds. The Morgan fingerprint density at radius 3 is 2.75 bits per heavy atom. The molecule has 0 atom stereocenters. The van der Waals surface area contributed by atoms with Crippen LogP contribution in [-0.2, 0) is 20.7 Å². The second-order valence-electron chi connectivity index (χ2n) is 4.75. The molecule has 0 N–H and O–H groups in total. The molecule has 0 bridgehead atoms. The van der Waals surface area contributed by atoms with Crippen molar-refractivity contribution in [2.45, 2.75) is 19.3 Å². The normalized spacial score (nSPS) is 13.0. The zero-order valence-corrected chi connectivity index (χ0v) is 11.8. The number of benzene rings is 1. The van der Waals surface area contributed by atoms with Crippen molar-refractivity contribution in [3.63, 3.8) is 0 Å². The van der Waals surface area contributed by atoms with E-state index in [1.165, 1.54) is 19.8 Å². The number of fused-ring (bicyclic) bond motifs is 1. The van der Waals surface area contributed by atoms with Gasteiger partial charge in [0.05, 0.1) is 19.8 Å². The Morgan fingerprint density at radius 1 is 1.25 bits per heavy atom. The lowest BCUT2D eigenvalue weighted by atomic mass is 10.1. The van der Waals surface area contributed by atoms with Gasteiger partial charge >= 0.3 is 11.9 Å². The number of nitrogens with zero attached hydrogens (tertiary/aromatic N) is 1. The topological polar surface area (TPSA) is 55.8 Å². The van der Waals surface area contributed by atoms with Gasteiger partial charge in [-0.15, -0.1) is 0 Å². The Balaban J connectivity index is 2.03. The quantitative estimate of drug-likeness (QED) is 0.768. The summed E-state index contributed by atoms with van der Waals surface area (Å²) >= 11 is 0. The highest BCUT2D eigenvalue weighted by atomic mass is 16.5. The van der Waals surface area contributed by atoms with Crippen LogP contribution in [0.15, 0.2) is 18.2 Å². The van der Waals surface area contributed by atoms with Crippen LogP contribution in [-0.4, -0.2) is 39.2 Å². The summed E-state index contributed by atoms with van der Waals surface area (Å²) in [5, 5.41) is 0. The molecule has 0 saturated heterocycles. The molecule has 5 heteroatoms. The van der Waals surface area contributed by atoms with Gasteiger partial charge in [0.2, 0.25) is 0 Å². The second kappa shape index (κ2) is 6.41. The first kappa shape index (κ1) is 14.4. The maximum Gasteiger partial charge on any atom is 0.337 e. The summed E-state index contributed by atoms with van der Waals surface area (Å²) in [6.45, 7) is 1.70. The summed E-state index contributed by atoms with van der Waals surface area (Å²) in [4.78, 5) is 24.9. The standard InChI is InChI=1S/C15H19NO4/c1-19-14(17)4-3-8-16-9-7-11-5-6-12(10-13(11)16)15(18)20-2/h5-6,10H,3-4,7-9H2,1-2H3. The first-order valence-corrected chi connectivity index (χ1v) is 6.68. The lowest BCUT2D eigenvalue weighted by molar-refractivity contribution is -0.140. The van der Waals surface area contributed by atoms with E-state index >= 15 is 0 Å². The Bertz CT molecular complexity index is 513. The number of carbonyl (C=O) groups excluding carboxylic acids is 2. The van der Waals surface area contributed by atoms with Gasteiger partial charge in [-0.3, -0.25) is 4.79 Å². The first-order chi connectivity index (χ1) is 9.65. The maximum atomic E-state index is 11.6. The Hall–Kier alpha value is -2.04. The van der Waals surface area contributed by atoms with Gasteiger partial charge in [-0.05, 0) is 30.5 Å². The number of ether oxygens (including phenoxy) is 2. The predicted octanol–water partition coefficient (Wildman–Crippen LogP) is 1.79. The van der Waals surface area contributed by atoms with E-state index < -0.39 is 0 Å². The molecule has 1 heterocycles. The van der Waals surface area contributed by atoms with E-state index in [4.69, 9.17) is 4.74 Å². The number of anilines is 1. The van der Waals surface area contributed by atoms with Gasteiger partial charge in [-0.2, -0.15) is 0 Å². The molecule has 1 aliphatic heterocycles. The monoisotopic (exact) mass is 277 g/mol. The number of hydrogen-bond acceptors (Lipinski definition) is 5. The molecule has 1 aromatic rings. The van der Waals surface area contributed by atoms with Crippen LogP contribution >= 0.6 is 0 Å². The molecule has 0 fully saturated rings. The highest BCUT2D eigenvalue weighted by Gasteiger charge is 2.20. The van der Waals surface area contributed by atoms with Crippen LogP contribution in [0.4, 0.5) is 5.69 Å². The maximum absolute atomic E-state index is 11.6. The van der Waals surface area contributed by atoms with Crippen LogP contribution in [0.2, 0.25) is 0 Å². The van der Waals surface area contributed by atoms with E-state index in [1.807, 2.05) is 12.1 Å². The third-order valence-corrected chi connectivity index (χ3v) is 3.53. The zero-order chi connectivity index (χ0) is 14.5. The van der Waals surface area contributed by atoms with Crippen LogP contribution in [0.1, 0.15) is 28.8 Å². The average molecular weight is 277 g/mol. The average Bonchev–Trinajstić information content (AvgIpc) is 2.88. The van der Waals surface area contributed by atoms with Gasteiger partial charge in [0.15, 0.2) is 0 Å². The third-order valence-electron chi connectivity index (χ3n) is 3.53. The van der Waals surface area contributed by atoms with Crippen LogP contribution in [0.5, 0.6) is 0 Å². The van der Waals surface area contributed by atoms with Crippen LogP contribution < -0.4 is 4.90 Å². The molecule has 0 unspecified atom stereocenters. The van der Waals surface area contributed by atoms with Gasteiger partial charge in [0.25, 0.3) is 0 Å². The van der Waals surface area contributed by atoms with E-state index in [1.54, 1.807) is 6.07 Å². The van der Waals surface area contributed by atoms with Crippen molar-refractivity contribution >= 4 is 17.6 Å². The lowest BCUT2D eigenvalue weighted by Crippen LogP contribution is -2.22. The fourth-order valence-corrected chi connectivity index (χ4v) is 2.44. The molecule has 0 spiro atoms. The zero-order valence-electron chi connectivity index (χ0n) is 11.8. The summed E-state index contributed by atoms with van der Waals surface area (Å²) < 4.78 is 9.37. The number of carbonyl (C=O) groups is 2. The summed E-state index contributed by atoms with van der Waals surface area (Å²) in [6, 6.07) is 5.64. The molecular formula is C15H19NO4. The molecule has 108 valence electrons. The van der Waals surface area contributed by atoms with Crippen LogP contribution in [0.3, 0.4) is 0 Å². The molecule has 0 radical (unpaired) electrons. The van der Waals surface area contributed by atoms with Crippen molar-refractivity contribution < 1.29 is 19.1 Å². The van der Waals surface area contributed by atoms with E-state index in [9.17, 15) is 9.59 Å². The molecule has 0 aliphatic carbocycles. The molecule has 20 heavy (non-hydrogen) atoms. The smallest absolute Gasteiger partial charge is 0.337 e. The molecule has 1 aliphatic rings. The first-order valence-electron chi connectivity index (χ1n) is 6.68. The summed E-state index contributed by atoms with van der Waals surface area (Å²) in [5.41, 5.74) is 2.86. The van der Waals surface area contributed by atoms with Crippen LogP contribution in [0.25, 0.3) is 0 Å². The number of methoxy groups -OCH3 is 2. The van der Waals surface area contributed by atoms with Crippen molar-refractivity contribution in [1.29, 1.82) is 0 Å². The molecule has 1 aromatic carbocycles. The van der Waals surface area contributed by atoms with Gasteiger partial charge < -0.3 is 14.4 Å². The van der Waals surface area contributed by atoms with Gasteiger partial charge in [0.1, 0.15) is 0 Å². The SMILES string of the molecule is COC(=O)CCCN1CCc2ccc(C(=O)OC)cc21. The number of hydrogen-bond donors (Lipinski definition) is 0. The van der Waals surface area contributed by atoms with Crippen molar-refractivity contribution in [2.75, 3.05) is 32.2 Å². The van der Waals surface area contributed by atoms with Crippen molar-refractivity contribution in [3.05, 3.63) is 29.3 Å². The van der Waals surface area contributed by atoms with Crippen molar-refractivity contribution in [3.8, 4) is 0 Å². The van der Waals surface area contributed by atoms with Gasteiger partial charge in [-0.1, -0.05) is 6.07 Å². The van der Waals surface area contributed by atoms with Crippen LogP contribution in [0, 0.1) is 0 Å². The minimum atomic E-state index is -0.325.